The van der Waals surface area contributed by atoms with Crippen LogP contribution < -0.4 is 16.0 Å². The minimum Gasteiger partial charge on any atom is -0.481 e. The Balaban J connectivity index is 4.16. The van der Waals surface area contributed by atoms with E-state index in [1.807, 2.05) is 20.8 Å². The number of aliphatic carboxylic acids is 2. The third-order valence-electron chi connectivity index (χ3n) is 9.22. The number of rotatable bonds is 30. The molecule has 0 heterocycles. The van der Waals surface area contributed by atoms with Crippen LogP contribution in [0.25, 0.3) is 0 Å². The summed E-state index contributed by atoms with van der Waals surface area (Å²) in [7, 11) is 0. The monoisotopic (exact) mass is 668 g/mol. The number of nitrogens with one attached hydrogen (secondary N) is 3. The van der Waals surface area contributed by atoms with Gasteiger partial charge in [-0.25, -0.2) is 4.79 Å². The second-order valence-electron chi connectivity index (χ2n) is 14.6. The Labute approximate surface area is 285 Å². The highest BCUT2D eigenvalue weighted by Gasteiger charge is 2.33. The topological polar surface area (TPSA) is 162 Å². The summed E-state index contributed by atoms with van der Waals surface area (Å²) >= 11 is 0. The average molecular weight is 668 g/mol. The molecule has 0 aromatic heterocycles. The molecule has 0 rings (SSSR count). The number of unbranched alkanes of at least 4 members (excludes halogenated alkanes) is 12. The van der Waals surface area contributed by atoms with Gasteiger partial charge in [0.15, 0.2) is 5.78 Å². The van der Waals surface area contributed by atoms with Crippen LogP contribution in [-0.4, -0.2) is 63.9 Å². The van der Waals surface area contributed by atoms with Gasteiger partial charge in [-0.1, -0.05) is 98.8 Å². The van der Waals surface area contributed by atoms with Crippen LogP contribution in [0.3, 0.4) is 0 Å². The summed E-state index contributed by atoms with van der Waals surface area (Å²) < 4.78 is 0. The highest BCUT2D eigenvalue weighted by Crippen LogP contribution is 2.23. The van der Waals surface area contributed by atoms with Crippen LogP contribution in [0.2, 0.25) is 0 Å². The number of Topliss-reactive ketones (excluding diaryl/α,β-unsaturated/α-hetero) is 1. The van der Waals surface area contributed by atoms with Gasteiger partial charge in [-0.05, 0) is 58.3 Å². The highest BCUT2D eigenvalue weighted by atomic mass is 16.4. The standard InChI is InChI=1S/C37H69N3O7/c1-7-37(6,8-2)40-29(34(45)36(3,4)5)23-21-22-28-38-31(41)27-26-30(35(46)47)39-32(42)24-19-17-15-13-11-9-10-12-14-16-18-20-25-33(43)44/h29-30,40H,7-28H2,1-6H3,(H,38,41)(H,39,42)(H,43,44)(H,46,47). The molecule has 0 saturated heterocycles. The molecule has 0 aromatic carbocycles. The SMILES string of the molecule is CCC(C)(CC)NC(CCCCNC(=O)CCC(NC(=O)CCCCCCCCCCCCCCC(=O)O)C(=O)O)C(=O)C(C)(C)C. The molecule has 0 aliphatic carbocycles. The van der Waals surface area contributed by atoms with Crippen molar-refractivity contribution in [1.29, 1.82) is 0 Å². The second kappa shape index (κ2) is 25.5. The van der Waals surface area contributed by atoms with E-state index in [0.717, 1.165) is 64.2 Å². The van der Waals surface area contributed by atoms with Gasteiger partial charge in [-0.15, -0.1) is 0 Å². The lowest BCUT2D eigenvalue weighted by Gasteiger charge is -2.35. The number of carbonyl (C=O) groups excluding carboxylic acids is 3. The van der Waals surface area contributed by atoms with Crippen molar-refractivity contribution in [1.82, 2.24) is 16.0 Å². The maximum atomic E-state index is 13.1. The Morgan fingerprint density at radius 2 is 1.06 bits per heavy atom. The Morgan fingerprint density at radius 1 is 0.574 bits per heavy atom. The van der Waals surface area contributed by atoms with Crippen LogP contribution in [0.4, 0.5) is 0 Å². The molecule has 274 valence electrons. The van der Waals surface area contributed by atoms with Crippen molar-refractivity contribution in [2.75, 3.05) is 6.54 Å². The molecule has 10 heteroatoms. The Kier molecular flexibility index (Phi) is 24.2. The molecule has 47 heavy (non-hydrogen) atoms. The van der Waals surface area contributed by atoms with Crippen molar-refractivity contribution < 1.29 is 34.2 Å². The third kappa shape index (κ3) is 23.5. The summed E-state index contributed by atoms with van der Waals surface area (Å²) in [5.74, 6) is -2.20. The summed E-state index contributed by atoms with van der Waals surface area (Å²) in [5, 5.41) is 27.2. The molecular weight excluding hydrogens is 598 g/mol. The Hall–Kier alpha value is -2.49. The molecule has 0 saturated carbocycles. The van der Waals surface area contributed by atoms with Gasteiger partial charge in [-0.3, -0.25) is 19.2 Å². The largest absolute Gasteiger partial charge is 0.481 e. The number of amides is 2. The molecule has 0 bridgehead atoms. The number of carbonyl (C=O) groups is 5. The second-order valence-corrected chi connectivity index (χ2v) is 14.6. The first-order valence-electron chi connectivity index (χ1n) is 18.5. The van der Waals surface area contributed by atoms with E-state index in [4.69, 9.17) is 5.11 Å². The van der Waals surface area contributed by atoms with Gasteiger partial charge in [0.25, 0.3) is 0 Å². The summed E-state index contributed by atoms with van der Waals surface area (Å²) in [6, 6.07) is -1.33. The van der Waals surface area contributed by atoms with E-state index in [1.165, 1.54) is 25.7 Å². The predicted molar refractivity (Wildman–Crippen MR) is 188 cm³/mol. The first kappa shape index (κ1) is 44.5. The quantitative estimate of drug-likeness (QED) is 0.0498. The van der Waals surface area contributed by atoms with Crippen LogP contribution in [-0.2, 0) is 24.0 Å². The van der Waals surface area contributed by atoms with Gasteiger partial charge < -0.3 is 26.2 Å². The van der Waals surface area contributed by atoms with Crippen molar-refractivity contribution in [2.45, 2.75) is 194 Å². The molecule has 2 atom stereocenters. The van der Waals surface area contributed by atoms with E-state index < -0.39 is 23.4 Å². The maximum Gasteiger partial charge on any atom is 0.326 e. The lowest BCUT2D eigenvalue weighted by molar-refractivity contribution is -0.142. The van der Waals surface area contributed by atoms with Crippen LogP contribution in [0.1, 0.15) is 176 Å². The van der Waals surface area contributed by atoms with Crippen LogP contribution in [0.15, 0.2) is 0 Å². The number of hydrogen-bond donors (Lipinski definition) is 5. The van der Waals surface area contributed by atoms with E-state index in [1.54, 1.807) is 0 Å². The molecule has 0 aliphatic rings. The summed E-state index contributed by atoms with van der Waals surface area (Å²) in [5.41, 5.74) is -0.551. The normalized spacial score (nSPS) is 13.1. The fourth-order valence-electron chi connectivity index (χ4n) is 5.58. The van der Waals surface area contributed by atoms with E-state index in [2.05, 4.69) is 36.7 Å². The zero-order valence-corrected chi connectivity index (χ0v) is 30.6. The summed E-state index contributed by atoms with van der Waals surface area (Å²) in [6.07, 6.45) is 17.2. The lowest BCUT2D eigenvalue weighted by Crippen LogP contribution is -2.53. The average Bonchev–Trinajstić information content (AvgIpc) is 3.01. The van der Waals surface area contributed by atoms with Gasteiger partial charge in [0.1, 0.15) is 6.04 Å². The lowest BCUT2D eigenvalue weighted by atomic mass is 9.83. The molecule has 0 fully saturated rings. The summed E-state index contributed by atoms with van der Waals surface area (Å²) in [4.78, 5) is 60.0. The smallest absolute Gasteiger partial charge is 0.326 e. The molecule has 2 amide bonds. The van der Waals surface area contributed by atoms with Crippen molar-refractivity contribution in [3.63, 3.8) is 0 Å². The molecule has 0 radical (unpaired) electrons. The van der Waals surface area contributed by atoms with Gasteiger partial charge in [-0.2, -0.15) is 0 Å². The molecule has 0 aromatic rings. The first-order chi connectivity index (χ1) is 22.1. The minimum absolute atomic E-state index is 0.0139. The molecular formula is C37H69N3O7. The van der Waals surface area contributed by atoms with Crippen molar-refractivity contribution in [3.05, 3.63) is 0 Å². The van der Waals surface area contributed by atoms with E-state index >= 15 is 0 Å². The fraction of sp³-hybridized carbons (Fsp3) is 0.865. The van der Waals surface area contributed by atoms with Crippen LogP contribution >= 0.6 is 0 Å². The zero-order valence-electron chi connectivity index (χ0n) is 30.6. The Bertz CT molecular complexity index is 912. The van der Waals surface area contributed by atoms with Crippen molar-refractivity contribution in [3.8, 4) is 0 Å². The number of carboxylic acid groups (broad SMARTS) is 2. The van der Waals surface area contributed by atoms with E-state index in [9.17, 15) is 29.1 Å². The fourth-order valence-corrected chi connectivity index (χ4v) is 5.58. The summed E-state index contributed by atoms with van der Waals surface area (Å²) in [6.45, 7) is 12.7. The van der Waals surface area contributed by atoms with E-state index in [0.29, 0.717) is 25.8 Å². The zero-order chi connectivity index (χ0) is 35.7. The molecule has 10 nitrogen and oxygen atoms in total. The Morgan fingerprint density at radius 3 is 1.51 bits per heavy atom. The first-order valence-corrected chi connectivity index (χ1v) is 18.5. The van der Waals surface area contributed by atoms with E-state index in [-0.39, 0.29) is 54.9 Å². The number of hydrogen-bond acceptors (Lipinski definition) is 6. The van der Waals surface area contributed by atoms with Gasteiger partial charge in [0.05, 0.1) is 6.04 Å². The van der Waals surface area contributed by atoms with Crippen molar-refractivity contribution >= 4 is 29.5 Å². The molecule has 5 N–H and O–H groups in total. The van der Waals surface area contributed by atoms with Crippen molar-refractivity contribution in [2.24, 2.45) is 5.41 Å². The number of carboxylic acids is 2. The minimum atomic E-state index is -1.14. The van der Waals surface area contributed by atoms with Gasteiger partial charge in [0, 0.05) is 36.8 Å². The molecule has 0 spiro atoms. The highest BCUT2D eigenvalue weighted by molar-refractivity contribution is 5.88. The van der Waals surface area contributed by atoms with Crippen LogP contribution in [0.5, 0.6) is 0 Å². The predicted octanol–water partition coefficient (Wildman–Crippen LogP) is 7.32. The van der Waals surface area contributed by atoms with Gasteiger partial charge in [0.2, 0.25) is 11.8 Å². The van der Waals surface area contributed by atoms with Crippen LogP contribution in [0, 0.1) is 5.41 Å². The maximum absolute atomic E-state index is 13.1. The number of ketones is 1. The third-order valence-corrected chi connectivity index (χ3v) is 9.22. The van der Waals surface area contributed by atoms with Gasteiger partial charge >= 0.3 is 11.9 Å². The molecule has 2 unspecified atom stereocenters. The molecule has 0 aliphatic heterocycles.